The lowest BCUT2D eigenvalue weighted by Gasteiger charge is -2.36. The number of rotatable bonds is 9. The maximum Gasteiger partial charge on any atom is 0.286 e. The lowest BCUT2D eigenvalue weighted by atomic mass is 9.81. The van der Waals surface area contributed by atoms with E-state index in [1.165, 1.54) is 0 Å². The van der Waals surface area contributed by atoms with Gasteiger partial charge in [0.1, 0.15) is 5.82 Å². The average Bonchev–Trinajstić information content (AvgIpc) is 3.46. The molecule has 7 nitrogen and oxygen atoms in total. The second-order valence-electron chi connectivity index (χ2n) is 7.47. The molecule has 1 aromatic carbocycles. The number of aromatic nitrogens is 2. The van der Waals surface area contributed by atoms with E-state index in [2.05, 4.69) is 26.7 Å². The number of carbonyl (C=O) groups is 1. The molecule has 2 aromatic heterocycles. The summed E-state index contributed by atoms with van der Waals surface area (Å²) >= 11 is 1.62. The van der Waals surface area contributed by atoms with Crippen LogP contribution in [0, 0.1) is 5.92 Å². The lowest BCUT2D eigenvalue weighted by Crippen LogP contribution is -2.38. The fourth-order valence-electron chi connectivity index (χ4n) is 3.95. The number of carbonyl (C=O) groups excluding carboxylic acids is 1. The Labute approximate surface area is 185 Å². The normalized spacial score (nSPS) is 21.0. The molecule has 164 valence electrons. The number of allylic oxidation sites excluding steroid dienone is 1. The Morgan fingerprint density at radius 1 is 1.35 bits per heavy atom. The van der Waals surface area contributed by atoms with Crippen molar-refractivity contribution in [1.82, 2.24) is 15.3 Å². The summed E-state index contributed by atoms with van der Waals surface area (Å²) < 4.78 is 11.9. The van der Waals surface area contributed by atoms with Gasteiger partial charge < -0.3 is 24.9 Å². The van der Waals surface area contributed by atoms with Crippen LogP contribution in [-0.2, 0) is 20.8 Å². The number of aromatic amines is 1. The summed E-state index contributed by atoms with van der Waals surface area (Å²) in [4.78, 5) is 20.6. The Hall–Kier alpha value is -2.68. The third kappa shape index (κ3) is 4.98. The molecule has 3 N–H and O–H groups in total. The highest BCUT2D eigenvalue weighted by Crippen LogP contribution is 2.40. The predicted octanol–water partition coefficient (Wildman–Crippen LogP) is 3.69. The Kier molecular flexibility index (Phi) is 7.01. The number of benzene rings is 1. The minimum absolute atomic E-state index is 0.0185. The molecule has 1 aliphatic rings. The van der Waals surface area contributed by atoms with Gasteiger partial charge in [-0.15, -0.1) is 0 Å². The van der Waals surface area contributed by atoms with E-state index >= 15 is 0 Å². The summed E-state index contributed by atoms with van der Waals surface area (Å²) in [6.07, 6.45) is 2.73. The van der Waals surface area contributed by atoms with Crippen molar-refractivity contribution in [2.45, 2.75) is 38.5 Å². The molecule has 0 spiro atoms. The molecule has 0 bridgehead atoms. The molecule has 31 heavy (non-hydrogen) atoms. The van der Waals surface area contributed by atoms with Gasteiger partial charge in [0.25, 0.3) is 5.91 Å². The van der Waals surface area contributed by atoms with E-state index in [0.29, 0.717) is 18.9 Å². The Bertz CT molecular complexity index is 998. The molecule has 3 aromatic rings. The summed E-state index contributed by atoms with van der Waals surface area (Å²) in [7, 11) is 0. The lowest BCUT2D eigenvalue weighted by molar-refractivity contribution is -0.166. The SMILES string of the molecule is CCO[C@H]1OC(C(=O)NCc2nc3ccccc3[nH]2)=C[C@@H](c2ccsc2)[C@@H]1CCCO. The van der Waals surface area contributed by atoms with Crippen LogP contribution in [0.15, 0.2) is 52.9 Å². The van der Waals surface area contributed by atoms with Crippen molar-refractivity contribution in [2.75, 3.05) is 13.2 Å². The first-order valence-electron chi connectivity index (χ1n) is 10.5. The first-order valence-corrected chi connectivity index (χ1v) is 11.5. The molecule has 0 fully saturated rings. The molecule has 3 atom stereocenters. The van der Waals surface area contributed by atoms with Gasteiger partial charge >= 0.3 is 0 Å². The number of thiophene rings is 1. The number of fused-ring (bicyclic) bond motifs is 1. The molecule has 1 aliphatic heterocycles. The minimum atomic E-state index is -0.543. The van der Waals surface area contributed by atoms with Gasteiger partial charge in [-0.05, 0) is 60.4 Å². The molecule has 1 amide bonds. The summed E-state index contributed by atoms with van der Waals surface area (Å²) in [5.41, 5.74) is 2.92. The molecule has 0 aliphatic carbocycles. The van der Waals surface area contributed by atoms with Crippen LogP contribution in [-0.4, -0.2) is 40.5 Å². The average molecular weight is 442 g/mol. The van der Waals surface area contributed by atoms with E-state index in [-0.39, 0.29) is 36.7 Å². The van der Waals surface area contributed by atoms with Crippen LogP contribution in [0.25, 0.3) is 11.0 Å². The first-order chi connectivity index (χ1) is 15.2. The van der Waals surface area contributed by atoms with Crippen molar-refractivity contribution >= 4 is 28.3 Å². The Morgan fingerprint density at radius 2 is 2.23 bits per heavy atom. The van der Waals surface area contributed by atoms with E-state index in [4.69, 9.17) is 9.47 Å². The van der Waals surface area contributed by atoms with Gasteiger partial charge in [-0.1, -0.05) is 12.1 Å². The number of aliphatic hydroxyl groups excluding tert-OH is 1. The van der Waals surface area contributed by atoms with E-state index in [1.807, 2.05) is 42.6 Å². The Morgan fingerprint density at radius 3 is 2.97 bits per heavy atom. The number of amides is 1. The maximum atomic E-state index is 12.9. The van der Waals surface area contributed by atoms with Crippen LogP contribution < -0.4 is 5.32 Å². The first kappa shape index (κ1) is 21.5. The molecular weight excluding hydrogens is 414 g/mol. The summed E-state index contributed by atoms with van der Waals surface area (Å²) in [6, 6.07) is 9.81. The van der Waals surface area contributed by atoms with Gasteiger partial charge in [-0.2, -0.15) is 11.3 Å². The summed E-state index contributed by atoms with van der Waals surface area (Å²) in [6.45, 7) is 2.76. The van der Waals surface area contributed by atoms with Crippen molar-refractivity contribution in [3.63, 3.8) is 0 Å². The van der Waals surface area contributed by atoms with Crippen molar-refractivity contribution in [1.29, 1.82) is 0 Å². The number of ether oxygens (including phenoxy) is 2. The number of nitrogens with zero attached hydrogens (tertiary/aromatic N) is 1. The summed E-state index contributed by atoms with van der Waals surface area (Å²) in [5, 5.41) is 16.3. The molecule has 0 saturated carbocycles. The molecule has 0 radical (unpaired) electrons. The number of hydrogen-bond acceptors (Lipinski definition) is 6. The van der Waals surface area contributed by atoms with Crippen LogP contribution in [0.1, 0.15) is 37.1 Å². The number of aliphatic hydroxyl groups is 1. The van der Waals surface area contributed by atoms with Crippen LogP contribution >= 0.6 is 11.3 Å². The fraction of sp³-hybridized carbons (Fsp3) is 0.391. The quantitative estimate of drug-likeness (QED) is 0.471. The van der Waals surface area contributed by atoms with Gasteiger partial charge in [-0.25, -0.2) is 4.98 Å². The molecule has 0 unspecified atom stereocenters. The van der Waals surface area contributed by atoms with E-state index in [1.54, 1.807) is 11.3 Å². The largest absolute Gasteiger partial charge is 0.459 e. The van der Waals surface area contributed by atoms with Gasteiger partial charge in [0.2, 0.25) is 6.29 Å². The smallest absolute Gasteiger partial charge is 0.286 e. The third-order valence-electron chi connectivity index (χ3n) is 5.42. The third-order valence-corrected chi connectivity index (χ3v) is 6.12. The van der Waals surface area contributed by atoms with Crippen LogP contribution in [0.3, 0.4) is 0 Å². The van der Waals surface area contributed by atoms with Crippen molar-refractivity contribution in [2.24, 2.45) is 5.92 Å². The minimum Gasteiger partial charge on any atom is -0.459 e. The second kappa shape index (κ2) is 10.1. The maximum absolute atomic E-state index is 12.9. The van der Waals surface area contributed by atoms with Gasteiger partial charge in [0.05, 0.1) is 17.6 Å². The monoisotopic (exact) mass is 441 g/mol. The highest BCUT2D eigenvalue weighted by atomic mass is 32.1. The number of imidazole rings is 1. The zero-order valence-corrected chi connectivity index (χ0v) is 18.2. The van der Waals surface area contributed by atoms with Crippen molar-refractivity contribution in [3.8, 4) is 0 Å². The molecule has 0 saturated heterocycles. The number of hydrogen-bond donors (Lipinski definition) is 3. The molecular formula is C23H27N3O4S. The van der Waals surface area contributed by atoms with Gasteiger partial charge in [-0.3, -0.25) is 4.79 Å². The zero-order valence-electron chi connectivity index (χ0n) is 17.4. The van der Waals surface area contributed by atoms with E-state index < -0.39 is 6.29 Å². The van der Waals surface area contributed by atoms with Crippen molar-refractivity contribution in [3.05, 3.63) is 64.3 Å². The predicted molar refractivity (Wildman–Crippen MR) is 119 cm³/mol. The Balaban J connectivity index is 1.52. The molecule has 8 heteroatoms. The van der Waals surface area contributed by atoms with Gasteiger partial charge in [0, 0.05) is 25.0 Å². The number of H-pyrrole nitrogens is 1. The van der Waals surface area contributed by atoms with E-state index in [0.717, 1.165) is 23.0 Å². The number of nitrogens with one attached hydrogen (secondary N) is 2. The van der Waals surface area contributed by atoms with Crippen LogP contribution in [0.2, 0.25) is 0 Å². The summed E-state index contributed by atoms with van der Waals surface area (Å²) in [5.74, 6) is 0.642. The zero-order chi connectivity index (χ0) is 21.6. The van der Waals surface area contributed by atoms with Gasteiger partial charge in [0.15, 0.2) is 5.76 Å². The fourth-order valence-corrected chi connectivity index (χ4v) is 4.66. The molecule has 4 rings (SSSR count). The topological polar surface area (TPSA) is 96.5 Å². The highest BCUT2D eigenvalue weighted by molar-refractivity contribution is 7.08. The number of para-hydroxylation sites is 2. The van der Waals surface area contributed by atoms with Crippen LogP contribution in [0.5, 0.6) is 0 Å². The van der Waals surface area contributed by atoms with Crippen molar-refractivity contribution < 1.29 is 19.4 Å². The highest BCUT2D eigenvalue weighted by Gasteiger charge is 2.37. The standard InChI is InChI=1S/C23H27N3O4S/c1-2-29-23-16(6-5-10-27)17(15-9-11-31-14-15)12-20(30-23)22(28)24-13-21-25-18-7-3-4-8-19(18)26-21/h3-4,7-9,11-12,14,16-17,23,27H,2,5-6,10,13H2,1H3,(H,24,28)(H,25,26)/t16-,17-,23-/m0/s1. The second-order valence-corrected chi connectivity index (χ2v) is 8.25. The molecule has 3 heterocycles. The van der Waals surface area contributed by atoms with Crippen LogP contribution in [0.4, 0.5) is 0 Å². The van der Waals surface area contributed by atoms with E-state index in [9.17, 15) is 9.90 Å².